The summed E-state index contributed by atoms with van der Waals surface area (Å²) in [7, 11) is -3.62. The van der Waals surface area contributed by atoms with E-state index in [1.54, 1.807) is 13.0 Å². The summed E-state index contributed by atoms with van der Waals surface area (Å²) in [6.45, 7) is 6.05. The van der Waals surface area contributed by atoms with Gasteiger partial charge in [-0.25, -0.2) is 8.42 Å². The van der Waals surface area contributed by atoms with Crippen LogP contribution in [-0.4, -0.2) is 14.3 Å². The lowest BCUT2D eigenvalue weighted by Gasteiger charge is -2.06. The van der Waals surface area contributed by atoms with Crippen LogP contribution in [0.5, 0.6) is 0 Å². The van der Waals surface area contributed by atoms with Crippen LogP contribution in [0, 0.1) is 13.8 Å². The van der Waals surface area contributed by atoms with Crippen LogP contribution in [0.1, 0.15) is 29.2 Å². The molecule has 0 radical (unpaired) electrons. The number of amidine groups is 1. The maximum atomic E-state index is 12.6. The van der Waals surface area contributed by atoms with Crippen LogP contribution in [0.25, 0.3) is 4.91 Å². The molecule has 0 saturated carbocycles. The Morgan fingerprint density at radius 2 is 1.76 bits per heavy atom. The van der Waals surface area contributed by atoms with Crippen LogP contribution in [0.3, 0.4) is 0 Å². The third kappa shape index (κ3) is 3.48. The van der Waals surface area contributed by atoms with Crippen LogP contribution >= 0.6 is 11.6 Å². The summed E-state index contributed by atoms with van der Waals surface area (Å²) in [6, 6.07) is 13.0. The molecular weight excluding hydrogens is 356 g/mol. The fourth-order valence-corrected chi connectivity index (χ4v) is 4.47. The second kappa shape index (κ2) is 6.65. The van der Waals surface area contributed by atoms with Gasteiger partial charge in [0.1, 0.15) is 10.7 Å². The maximum absolute atomic E-state index is 12.6. The van der Waals surface area contributed by atoms with E-state index in [0.717, 1.165) is 16.7 Å². The van der Waals surface area contributed by atoms with E-state index in [0.29, 0.717) is 28.5 Å². The van der Waals surface area contributed by atoms with Crippen LogP contribution in [-0.2, 0) is 16.6 Å². The molecule has 0 bridgehead atoms. The molecule has 1 aliphatic rings. The van der Waals surface area contributed by atoms with E-state index < -0.39 is 10.0 Å². The van der Waals surface area contributed by atoms with Crippen molar-refractivity contribution in [3.8, 4) is 0 Å². The van der Waals surface area contributed by atoms with Gasteiger partial charge in [0.25, 0.3) is 10.0 Å². The van der Waals surface area contributed by atoms with Crippen molar-refractivity contribution < 1.29 is 8.42 Å². The van der Waals surface area contributed by atoms with Gasteiger partial charge in [0.2, 0.25) is 0 Å². The van der Waals surface area contributed by atoms with Crippen molar-refractivity contribution >= 4 is 32.4 Å². The second-order valence-electron chi connectivity index (χ2n) is 6.11. The number of hydrogen-bond donors (Lipinski definition) is 1. The van der Waals surface area contributed by atoms with Gasteiger partial charge in [0.15, 0.2) is 0 Å². The van der Waals surface area contributed by atoms with Gasteiger partial charge in [-0.05, 0) is 49.1 Å². The first-order valence-electron chi connectivity index (χ1n) is 7.89. The molecule has 0 amide bonds. The Labute approximate surface area is 153 Å². The Kier molecular flexibility index (Phi) is 4.71. The molecule has 4 nitrogen and oxygen atoms in total. The molecule has 1 N–H and O–H groups in total. The highest BCUT2D eigenvalue weighted by molar-refractivity contribution is 8.00. The molecule has 130 valence electrons. The molecule has 1 aliphatic heterocycles. The lowest BCUT2D eigenvalue weighted by atomic mass is 10.0. The zero-order valence-electron chi connectivity index (χ0n) is 14.3. The minimum atomic E-state index is -3.62. The zero-order chi connectivity index (χ0) is 18.2. The largest absolute Gasteiger partial charge is 0.264 e. The molecule has 0 aromatic heterocycles. The molecule has 0 unspecified atom stereocenters. The monoisotopic (exact) mass is 374 g/mol. The van der Waals surface area contributed by atoms with E-state index in [2.05, 4.69) is 9.71 Å². The number of benzene rings is 2. The molecule has 1 heterocycles. The third-order valence-electron chi connectivity index (χ3n) is 4.33. The third-order valence-corrected chi connectivity index (χ3v) is 6.24. The minimum absolute atomic E-state index is 0.286. The fourth-order valence-electron chi connectivity index (χ4n) is 2.76. The predicted molar refractivity (Wildman–Crippen MR) is 103 cm³/mol. The normalized spacial score (nSPS) is 17.8. The molecule has 6 heteroatoms. The van der Waals surface area contributed by atoms with Crippen molar-refractivity contribution in [1.82, 2.24) is 4.72 Å². The number of nitrogens with zero attached hydrogens (tertiary/aromatic N) is 1. The SMILES string of the molecule is CC1=C(c2ccc(C)c(C)c2)S(=O)(=O)NC1=NCc1ccccc1Cl. The highest BCUT2D eigenvalue weighted by Crippen LogP contribution is 2.31. The summed E-state index contributed by atoms with van der Waals surface area (Å²) in [5, 5.41) is 0.615. The molecule has 2 aromatic rings. The van der Waals surface area contributed by atoms with Gasteiger partial charge in [0, 0.05) is 10.6 Å². The topological polar surface area (TPSA) is 58.5 Å². The van der Waals surface area contributed by atoms with Crippen molar-refractivity contribution in [2.45, 2.75) is 27.3 Å². The van der Waals surface area contributed by atoms with Crippen LogP contribution in [0.15, 0.2) is 53.0 Å². The Balaban J connectivity index is 2.01. The number of halogens is 1. The Morgan fingerprint density at radius 3 is 2.44 bits per heavy atom. The number of hydrogen-bond acceptors (Lipinski definition) is 3. The Hall–Kier alpha value is -2.11. The average molecular weight is 375 g/mol. The van der Waals surface area contributed by atoms with Gasteiger partial charge in [-0.3, -0.25) is 9.71 Å². The van der Waals surface area contributed by atoms with E-state index in [1.807, 2.05) is 50.2 Å². The molecule has 0 atom stereocenters. The number of aryl methyl sites for hydroxylation is 2. The highest BCUT2D eigenvalue weighted by Gasteiger charge is 2.32. The molecule has 0 spiro atoms. The number of sulfonamides is 1. The quantitative estimate of drug-likeness (QED) is 0.874. The molecule has 0 fully saturated rings. The van der Waals surface area contributed by atoms with Crippen LogP contribution < -0.4 is 4.72 Å². The minimum Gasteiger partial charge on any atom is -0.263 e. The zero-order valence-corrected chi connectivity index (χ0v) is 15.9. The maximum Gasteiger partial charge on any atom is 0.264 e. The standard InChI is InChI=1S/C19H19ClN2O2S/c1-12-8-9-15(10-13(12)2)18-14(3)19(22-25(18,23)24)21-11-16-6-4-5-7-17(16)20/h4-10H,11H2,1-3H3,(H,21,22). The molecule has 0 saturated heterocycles. The van der Waals surface area contributed by atoms with Crippen molar-refractivity contribution in [2.75, 3.05) is 0 Å². The summed E-state index contributed by atoms with van der Waals surface area (Å²) >= 11 is 6.14. The molecule has 2 aromatic carbocycles. The van der Waals surface area contributed by atoms with Crippen LogP contribution in [0.4, 0.5) is 0 Å². The second-order valence-corrected chi connectivity index (χ2v) is 8.14. The smallest absolute Gasteiger partial charge is 0.263 e. The number of aliphatic imine (C=N–C) groups is 1. The van der Waals surface area contributed by atoms with Gasteiger partial charge in [-0.1, -0.05) is 48.0 Å². The van der Waals surface area contributed by atoms with Gasteiger partial charge in [0.05, 0.1) is 6.54 Å². The van der Waals surface area contributed by atoms with Crippen molar-refractivity contribution in [3.63, 3.8) is 0 Å². The fraction of sp³-hybridized carbons (Fsp3) is 0.211. The van der Waals surface area contributed by atoms with Gasteiger partial charge < -0.3 is 0 Å². The van der Waals surface area contributed by atoms with Crippen molar-refractivity contribution in [1.29, 1.82) is 0 Å². The van der Waals surface area contributed by atoms with Crippen LogP contribution in [0.2, 0.25) is 5.02 Å². The highest BCUT2D eigenvalue weighted by atomic mass is 35.5. The Morgan fingerprint density at radius 1 is 1.04 bits per heavy atom. The van der Waals surface area contributed by atoms with E-state index in [4.69, 9.17) is 11.6 Å². The van der Waals surface area contributed by atoms with E-state index in [-0.39, 0.29) is 4.91 Å². The van der Waals surface area contributed by atoms with E-state index >= 15 is 0 Å². The molecule has 3 rings (SSSR count). The number of rotatable bonds is 3. The predicted octanol–water partition coefficient (Wildman–Crippen LogP) is 4.22. The first-order valence-corrected chi connectivity index (χ1v) is 9.75. The van der Waals surface area contributed by atoms with E-state index in [1.165, 1.54) is 0 Å². The first-order chi connectivity index (χ1) is 11.8. The summed E-state index contributed by atoms with van der Waals surface area (Å²) < 4.78 is 27.7. The van der Waals surface area contributed by atoms with Gasteiger partial charge in [-0.15, -0.1) is 0 Å². The lowest BCUT2D eigenvalue weighted by molar-refractivity contribution is 0.603. The molecular formula is C19H19ClN2O2S. The summed E-state index contributed by atoms with van der Waals surface area (Å²) in [4.78, 5) is 4.72. The molecule has 25 heavy (non-hydrogen) atoms. The average Bonchev–Trinajstić information content (AvgIpc) is 2.78. The van der Waals surface area contributed by atoms with Crippen molar-refractivity contribution in [2.24, 2.45) is 4.99 Å². The Bertz CT molecular complexity index is 1010. The van der Waals surface area contributed by atoms with Crippen molar-refractivity contribution in [3.05, 3.63) is 75.3 Å². The van der Waals surface area contributed by atoms with Gasteiger partial charge >= 0.3 is 0 Å². The lowest BCUT2D eigenvalue weighted by Crippen LogP contribution is -2.23. The summed E-state index contributed by atoms with van der Waals surface area (Å²) in [5.74, 6) is 0.369. The van der Waals surface area contributed by atoms with E-state index in [9.17, 15) is 8.42 Å². The summed E-state index contributed by atoms with van der Waals surface area (Å²) in [6.07, 6.45) is 0. The number of nitrogens with one attached hydrogen (secondary N) is 1. The molecule has 0 aliphatic carbocycles. The summed E-state index contributed by atoms with van der Waals surface area (Å²) in [5.41, 5.74) is 4.32. The first kappa shape index (κ1) is 17.7. The van der Waals surface area contributed by atoms with Gasteiger partial charge in [-0.2, -0.15) is 0 Å².